The van der Waals surface area contributed by atoms with Crippen LogP contribution in [0.15, 0.2) is 52.9 Å². The smallest absolute Gasteiger partial charge is 0.137 e. The highest BCUT2D eigenvalue weighted by atomic mass is 16.3. The van der Waals surface area contributed by atoms with Gasteiger partial charge in [0.15, 0.2) is 0 Å². The Labute approximate surface area is 109 Å². The van der Waals surface area contributed by atoms with Gasteiger partial charge in [-0.15, -0.1) is 0 Å². The lowest BCUT2D eigenvalue weighted by molar-refractivity contribution is 0.669. The minimum absolute atomic E-state index is 0.586. The van der Waals surface area contributed by atoms with E-state index in [0.29, 0.717) is 11.4 Å². The van der Waals surface area contributed by atoms with E-state index in [1.165, 1.54) is 5.39 Å². The fourth-order valence-corrected chi connectivity index (χ4v) is 2.67. The molecule has 0 fully saturated rings. The summed E-state index contributed by atoms with van der Waals surface area (Å²) in [5.41, 5.74) is 14.8. The average Bonchev–Trinajstić information content (AvgIpc) is 2.82. The van der Waals surface area contributed by atoms with Crippen LogP contribution in [0, 0.1) is 0 Å². The van der Waals surface area contributed by atoms with Crippen molar-refractivity contribution in [1.29, 1.82) is 0 Å². The molecule has 3 heteroatoms. The van der Waals surface area contributed by atoms with E-state index >= 15 is 0 Å². The Hall–Kier alpha value is -2.68. The molecule has 0 amide bonds. The second-order valence-corrected chi connectivity index (χ2v) is 4.70. The van der Waals surface area contributed by atoms with Crippen LogP contribution in [-0.4, -0.2) is 0 Å². The van der Waals surface area contributed by atoms with Crippen molar-refractivity contribution in [2.45, 2.75) is 0 Å². The summed E-state index contributed by atoms with van der Waals surface area (Å²) in [6, 6.07) is 15.9. The molecule has 0 aliphatic carbocycles. The maximum absolute atomic E-state index is 6.13. The summed E-state index contributed by atoms with van der Waals surface area (Å²) in [6.45, 7) is 0. The van der Waals surface area contributed by atoms with Crippen molar-refractivity contribution in [3.05, 3.63) is 48.5 Å². The van der Waals surface area contributed by atoms with Crippen molar-refractivity contribution in [1.82, 2.24) is 0 Å². The van der Waals surface area contributed by atoms with E-state index in [1.807, 2.05) is 24.3 Å². The SMILES string of the molecule is Nc1ccc2oc3ccc4ccccc4c3c2c1N. The molecule has 3 nitrogen and oxygen atoms in total. The van der Waals surface area contributed by atoms with Gasteiger partial charge < -0.3 is 15.9 Å². The quantitative estimate of drug-likeness (QED) is 0.464. The zero-order valence-electron chi connectivity index (χ0n) is 10.2. The van der Waals surface area contributed by atoms with Gasteiger partial charge in [0, 0.05) is 5.39 Å². The van der Waals surface area contributed by atoms with Crippen LogP contribution < -0.4 is 11.5 Å². The van der Waals surface area contributed by atoms with Crippen LogP contribution in [0.4, 0.5) is 11.4 Å². The number of hydrogen-bond acceptors (Lipinski definition) is 3. The highest BCUT2D eigenvalue weighted by Gasteiger charge is 2.13. The number of benzene rings is 3. The average molecular weight is 248 g/mol. The number of hydrogen-bond donors (Lipinski definition) is 2. The second-order valence-electron chi connectivity index (χ2n) is 4.70. The Bertz CT molecular complexity index is 938. The van der Waals surface area contributed by atoms with E-state index in [-0.39, 0.29) is 0 Å². The normalized spacial score (nSPS) is 11.6. The topological polar surface area (TPSA) is 65.2 Å². The highest BCUT2D eigenvalue weighted by molar-refractivity contribution is 6.23. The van der Waals surface area contributed by atoms with Gasteiger partial charge in [-0.2, -0.15) is 0 Å². The molecule has 4 rings (SSSR count). The molecule has 0 aliphatic rings. The van der Waals surface area contributed by atoms with Crippen molar-refractivity contribution in [3.8, 4) is 0 Å². The molecule has 0 saturated carbocycles. The first kappa shape index (κ1) is 10.3. The van der Waals surface area contributed by atoms with Gasteiger partial charge in [-0.25, -0.2) is 0 Å². The maximum Gasteiger partial charge on any atom is 0.137 e. The monoisotopic (exact) mass is 248 g/mol. The van der Waals surface area contributed by atoms with Crippen LogP contribution in [0.2, 0.25) is 0 Å². The van der Waals surface area contributed by atoms with E-state index in [4.69, 9.17) is 15.9 Å². The van der Waals surface area contributed by atoms with Crippen LogP contribution in [0.25, 0.3) is 32.7 Å². The Kier molecular flexibility index (Phi) is 1.85. The summed E-state index contributed by atoms with van der Waals surface area (Å²) >= 11 is 0. The van der Waals surface area contributed by atoms with E-state index in [2.05, 4.69) is 18.2 Å². The summed E-state index contributed by atoms with van der Waals surface area (Å²) in [5.74, 6) is 0. The first-order chi connectivity index (χ1) is 9.25. The molecular formula is C16H12N2O. The lowest BCUT2D eigenvalue weighted by Crippen LogP contribution is -1.94. The number of fused-ring (bicyclic) bond motifs is 5. The summed E-state index contributed by atoms with van der Waals surface area (Å²) in [7, 11) is 0. The molecule has 92 valence electrons. The van der Waals surface area contributed by atoms with Crippen LogP contribution in [-0.2, 0) is 0 Å². The summed E-state index contributed by atoms with van der Waals surface area (Å²) < 4.78 is 5.86. The second kappa shape index (κ2) is 3.42. The Morgan fingerprint density at radius 1 is 0.737 bits per heavy atom. The third kappa shape index (κ3) is 1.27. The molecule has 1 aromatic heterocycles. The van der Waals surface area contributed by atoms with Gasteiger partial charge in [0.1, 0.15) is 11.2 Å². The number of nitrogen functional groups attached to an aromatic ring is 2. The summed E-state index contributed by atoms with van der Waals surface area (Å²) in [6.07, 6.45) is 0. The lowest BCUT2D eigenvalue weighted by atomic mass is 10.0. The van der Waals surface area contributed by atoms with Gasteiger partial charge in [0.2, 0.25) is 0 Å². The molecule has 0 aliphatic heterocycles. The Morgan fingerprint density at radius 2 is 1.47 bits per heavy atom. The van der Waals surface area contributed by atoms with Gasteiger partial charge in [-0.05, 0) is 29.0 Å². The van der Waals surface area contributed by atoms with Crippen molar-refractivity contribution in [3.63, 3.8) is 0 Å². The number of anilines is 2. The van der Waals surface area contributed by atoms with Crippen LogP contribution >= 0.6 is 0 Å². The molecule has 19 heavy (non-hydrogen) atoms. The molecule has 3 aromatic carbocycles. The molecule has 0 spiro atoms. The van der Waals surface area contributed by atoms with Crippen LogP contribution in [0.3, 0.4) is 0 Å². The third-order valence-corrected chi connectivity index (χ3v) is 3.60. The predicted molar refractivity (Wildman–Crippen MR) is 80.1 cm³/mol. The van der Waals surface area contributed by atoms with Gasteiger partial charge in [0.25, 0.3) is 0 Å². The molecular weight excluding hydrogens is 236 g/mol. The van der Waals surface area contributed by atoms with Crippen molar-refractivity contribution in [2.24, 2.45) is 0 Å². The molecule has 4 N–H and O–H groups in total. The molecule has 0 saturated heterocycles. The number of furan rings is 1. The molecule has 0 atom stereocenters. The van der Waals surface area contributed by atoms with E-state index in [1.54, 1.807) is 6.07 Å². The van der Waals surface area contributed by atoms with Crippen molar-refractivity contribution < 1.29 is 4.42 Å². The summed E-state index contributed by atoms with van der Waals surface area (Å²) in [4.78, 5) is 0. The van der Waals surface area contributed by atoms with Crippen molar-refractivity contribution in [2.75, 3.05) is 11.5 Å². The van der Waals surface area contributed by atoms with E-state index < -0.39 is 0 Å². The highest BCUT2D eigenvalue weighted by Crippen LogP contribution is 2.39. The Morgan fingerprint density at radius 3 is 2.37 bits per heavy atom. The number of nitrogens with two attached hydrogens (primary N) is 2. The molecule has 1 heterocycles. The van der Waals surface area contributed by atoms with Crippen LogP contribution in [0.1, 0.15) is 0 Å². The van der Waals surface area contributed by atoms with Gasteiger partial charge in [0.05, 0.1) is 16.8 Å². The molecule has 0 unspecified atom stereocenters. The minimum Gasteiger partial charge on any atom is -0.456 e. The summed E-state index contributed by atoms with van der Waals surface area (Å²) in [5, 5.41) is 4.25. The van der Waals surface area contributed by atoms with Gasteiger partial charge >= 0.3 is 0 Å². The predicted octanol–water partition coefficient (Wildman–Crippen LogP) is 3.90. The first-order valence-electron chi connectivity index (χ1n) is 6.13. The minimum atomic E-state index is 0.586. The molecule has 0 radical (unpaired) electrons. The standard InChI is InChI=1S/C16H12N2O/c17-11-6-8-13-15(16(11)18)14-10-4-2-1-3-9(10)5-7-12(14)19-13/h1-8H,17-18H2. The van der Waals surface area contributed by atoms with E-state index in [9.17, 15) is 0 Å². The van der Waals surface area contributed by atoms with Crippen LogP contribution in [0.5, 0.6) is 0 Å². The molecule has 0 bridgehead atoms. The van der Waals surface area contributed by atoms with Gasteiger partial charge in [-0.1, -0.05) is 30.3 Å². The zero-order valence-corrected chi connectivity index (χ0v) is 10.2. The van der Waals surface area contributed by atoms with Crippen molar-refractivity contribution >= 4 is 44.1 Å². The largest absolute Gasteiger partial charge is 0.456 e. The first-order valence-corrected chi connectivity index (χ1v) is 6.13. The molecule has 4 aromatic rings. The fraction of sp³-hybridized carbons (Fsp3) is 0. The zero-order chi connectivity index (χ0) is 13.0. The maximum atomic E-state index is 6.13. The number of rotatable bonds is 0. The van der Waals surface area contributed by atoms with Gasteiger partial charge in [-0.3, -0.25) is 0 Å². The Balaban J connectivity index is 2.38. The fourth-order valence-electron chi connectivity index (χ4n) is 2.67. The third-order valence-electron chi connectivity index (χ3n) is 3.60. The lowest BCUT2D eigenvalue weighted by Gasteiger charge is -2.02. The van der Waals surface area contributed by atoms with E-state index in [0.717, 1.165) is 27.3 Å².